The second kappa shape index (κ2) is 8.53. The van der Waals surface area contributed by atoms with Gasteiger partial charge in [0.15, 0.2) is 0 Å². The Balaban J connectivity index is 2.21. The summed E-state index contributed by atoms with van der Waals surface area (Å²) in [5.41, 5.74) is 0.760. The molecule has 0 spiro atoms. The molecular weight excluding hydrogens is 363 g/mol. The number of anilines is 2. The number of carbonyl (C=O) groups excluding carboxylic acids is 2. The predicted molar refractivity (Wildman–Crippen MR) is 97.6 cm³/mol. The van der Waals surface area contributed by atoms with Crippen molar-refractivity contribution in [2.45, 2.75) is 6.92 Å². The van der Waals surface area contributed by atoms with Crippen LogP contribution in [0, 0.1) is 5.82 Å². The van der Waals surface area contributed by atoms with Gasteiger partial charge < -0.3 is 19.7 Å². The number of halogens is 2. The van der Waals surface area contributed by atoms with Crippen molar-refractivity contribution < 1.29 is 23.5 Å². The van der Waals surface area contributed by atoms with Gasteiger partial charge in [0.1, 0.15) is 23.9 Å². The smallest absolute Gasteiger partial charge is 0.244 e. The third-order valence-corrected chi connectivity index (χ3v) is 3.86. The summed E-state index contributed by atoms with van der Waals surface area (Å²) in [6.45, 7) is 1.07. The van der Waals surface area contributed by atoms with Gasteiger partial charge in [-0.3, -0.25) is 9.59 Å². The van der Waals surface area contributed by atoms with Gasteiger partial charge in [0.05, 0.1) is 24.9 Å². The first-order valence-corrected chi connectivity index (χ1v) is 7.98. The summed E-state index contributed by atoms with van der Waals surface area (Å²) in [5.74, 6) is -0.538. The summed E-state index contributed by atoms with van der Waals surface area (Å²) in [6.07, 6.45) is 0. The van der Waals surface area contributed by atoms with Gasteiger partial charge in [0, 0.05) is 24.7 Å². The Kier molecular flexibility index (Phi) is 6.41. The minimum atomic E-state index is -0.466. The third kappa shape index (κ3) is 4.64. The molecule has 0 heterocycles. The van der Waals surface area contributed by atoms with Crippen molar-refractivity contribution in [2.75, 3.05) is 31.0 Å². The van der Waals surface area contributed by atoms with Crippen LogP contribution in [0.2, 0.25) is 5.02 Å². The number of methoxy groups -OCH3 is 2. The first kappa shape index (κ1) is 19.5. The minimum absolute atomic E-state index is 0.255. The van der Waals surface area contributed by atoms with Crippen LogP contribution in [-0.2, 0) is 9.59 Å². The summed E-state index contributed by atoms with van der Waals surface area (Å²) in [5, 5.41) is 2.99. The molecule has 8 heteroatoms. The number of ether oxygens (including phenoxy) is 2. The fraction of sp³-hybridized carbons (Fsp3) is 0.222. The number of amides is 2. The van der Waals surface area contributed by atoms with Gasteiger partial charge in [-0.2, -0.15) is 0 Å². The predicted octanol–water partition coefficient (Wildman–Crippen LogP) is 3.49. The van der Waals surface area contributed by atoms with E-state index >= 15 is 0 Å². The van der Waals surface area contributed by atoms with Crippen LogP contribution in [0.1, 0.15) is 6.92 Å². The number of hydrogen-bond donors (Lipinski definition) is 1. The van der Waals surface area contributed by atoms with E-state index in [1.54, 1.807) is 0 Å². The van der Waals surface area contributed by atoms with Gasteiger partial charge in [-0.15, -0.1) is 0 Å². The number of hydrogen-bond acceptors (Lipinski definition) is 4. The molecule has 0 fully saturated rings. The van der Waals surface area contributed by atoms with Crippen LogP contribution in [0.25, 0.3) is 0 Å². The highest BCUT2D eigenvalue weighted by Crippen LogP contribution is 2.35. The molecule has 6 nitrogen and oxygen atoms in total. The molecule has 0 aliphatic rings. The molecule has 0 aromatic heterocycles. The monoisotopic (exact) mass is 380 g/mol. The molecule has 138 valence electrons. The molecule has 0 saturated carbocycles. The van der Waals surface area contributed by atoms with Crippen molar-refractivity contribution in [3.63, 3.8) is 0 Å². The highest BCUT2D eigenvalue weighted by molar-refractivity contribution is 6.32. The Morgan fingerprint density at radius 3 is 2.27 bits per heavy atom. The molecule has 0 saturated heterocycles. The lowest BCUT2D eigenvalue weighted by Crippen LogP contribution is -2.36. The van der Waals surface area contributed by atoms with Crippen LogP contribution < -0.4 is 19.7 Å². The molecular formula is C18H18ClFN2O4. The number of nitrogens with one attached hydrogen (secondary N) is 1. The molecule has 0 unspecified atom stereocenters. The summed E-state index contributed by atoms with van der Waals surface area (Å²) in [6, 6.07) is 8.33. The summed E-state index contributed by atoms with van der Waals surface area (Å²) < 4.78 is 23.4. The fourth-order valence-corrected chi connectivity index (χ4v) is 2.53. The highest BCUT2D eigenvalue weighted by atomic mass is 35.5. The lowest BCUT2D eigenvalue weighted by atomic mass is 10.2. The quantitative estimate of drug-likeness (QED) is 0.833. The maximum Gasteiger partial charge on any atom is 0.244 e. The molecule has 26 heavy (non-hydrogen) atoms. The molecule has 2 amide bonds. The first-order valence-electron chi connectivity index (χ1n) is 7.60. The molecule has 2 rings (SSSR count). The Morgan fingerprint density at radius 2 is 1.73 bits per heavy atom. The van der Waals surface area contributed by atoms with E-state index in [9.17, 15) is 14.0 Å². The zero-order valence-corrected chi connectivity index (χ0v) is 15.3. The van der Waals surface area contributed by atoms with Crippen LogP contribution in [0.5, 0.6) is 11.5 Å². The molecule has 0 radical (unpaired) electrons. The highest BCUT2D eigenvalue weighted by Gasteiger charge is 2.18. The molecule has 0 bridgehead atoms. The average molecular weight is 381 g/mol. The van der Waals surface area contributed by atoms with E-state index < -0.39 is 11.7 Å². The van der Waals surface area contributed by atoms with Crippen LogP contribution in [0.15, 0.2) is 36.4 Å². The SMILES string of the molecule is COc1cc(NC(=O)CN(C(C)=O)c2ccc(F)cc2)c(OC)cc1Cl. The normalized spacial score (nSPS) is 10.2. The van der Waals surface area contributed by atoms with Gasteiger partial charge in [-0.05, 0) is 24.3 Å². The summed E-state index contributed by atoms with van der Waals surface area (Å²) >= 11 is 6.03. The van der Waals surface area contributed by atoms with Crippen LogP contribution in [0.4, 0.5) is 15.8 Å². The van der Waals surface area contributed by atoms with Crippen LogP contribution in [-0.4, -0.2) is 32.6 Å². The molecule has 2 aromatic carbocycles. The number of benzene rings is 2. The number of rotatable bonds is 6. The lowest BCUT2D eigenvalue weighted by molar-refractivity contribution is -0.120. The van der Waals surface area contributed by atoms with Gasteiger partial charge in [-0.1, -0.05) is 11.6 Å². The van der Waals surface area contributed by atoms with Gasteiger partial charge >= 0.3 is 0 Å². The van der Waals surface area contributed by atoms with Crippen molar-refractivity contribution in [1.82, 2.24) is 0 Å². The molecule has 0 atom stereocenters. The van der Waals surface area contributed by atoms with Crippen molar-refractivity contribution in [2.24, 2.45) is 0 Å². The van der Waals surface area contributed by atoms with E-state index in [0.29, 0.717) is 27.9 Å². The topological polar surface area (TPSA) is 67.9 Å². The number of nitrogens with zero attached hydrogens (tertiary/aromatic N) is 1. The molecule has 0 aliphatic heterocycles. The molecule has 0 aliphatic carbocycles. The standard InChI is InChI=1S/C18H18ClFN2O4/c1-11(23)22(13-6-4-12(20)5-7-13)10-18(24)21-15-9-16(25-2)14(19)8-17(15)26-3/h4-9H,10H2,1-3H3,(H,21,24). The van der Waals surface area contributed by atoms with E-state index in [-0.39, 0.29) is 12.5 Å². The second-order valence-corrected chi connectivity index (χ2v) is 5.72. The van der Waals surface area contributed by atoms with Crippen LogP contribution >= 0.6 is 11.6 Å². The van der Waals surface area contributed by atoms with E-state index in [1.807, 2.05) is 0 Å². The Hall–Kier alpha value is -2.80. The van der Waals surface area contributed by atoms with Crippen LogP contribution in [0.3, 0.4) is 0 Å². The third-order valence-electron chi connectivity index (χ3n) is 3.57. The van der Waals surface area contributed by atoms with Gasteiger partial charge in [0.2, 0.25) is 11.8 Å². The van der Waals surface area contributed by atoms with Gasteiger partial charge in [-0.25, -0.2) is 4.39 Å². The van der Waals surface area contributed by atoms with E-state index in [1.165, 1.54) is 62.4 Å². The molecule has 2 aromatic rings. The zero-order valence-electron chi connectivity index (χ0n) is 14.5. The van der Waals surface area contributed by atoms with E-state index in [0.717, 1.165) is 0 Å². The lowest BCUT2D eigenvalue weighted by Gasteiger charge is -2.21. The second-order valence-electron chi connectivity index (χ2n) is 5.32. The first-order chi connectivity index (χ1) is 12.3. The maximum absolute atomic E-state index is 13.1. The minimum Gasteiger partial charge on any atom is -0.495 e. The largest absolute Gasteiger partial charge is 0.495 e. The fourth-order valence-electron chi connectivity index (χ4n) is 2.30. The Labute approximate surface area is 155 Å². The average Bonchev–Trinajstić information content (AvgIpc) is 2.61. The Morgan fingerprint density at radius 1 is 1.12 bits per heavy atom. The summed E-state index contributed by atoms with van der Waals surface area (Å²) in [7, 11) is 2.89. The van der Waals surface area contributed by atoms with Crippen molar-refractivity contribution >= 4 is 34.8 Å². The summed E-state index contributed by atoms with van der Waals surface area (Å²) in [4.78, 5) is 25.5. The Bertz CT molecular complexity index is 812. The van der Waals surface area contributed by atoms with E-state index in [4.69, 9.17) is 21.1 Å². The number of carbonyl (C=O) groups is 2. The van der Waals surface area contributed by atoms with E-state index in [2.05, 4.69) is 5.32 Å². The maximum atomic E-state index is 13.1. The van der Waals surface area contributed by atoms with Crippen molar-refractivity contribution in [3.8, 4) is 11.5 Å². The van der Waals surface area contributed by atoms with Crippen molar-refractivity contribution in [3.05, 3.63) is 47.2 Å². The molecule has 1 N–H and O–H groups in total. The van der Waals surface area contributed by atoms with Gasteiger partial charge in [0.25, 0.3) is 0 Å². The van der Waals surface area contributed by atoms with Crippen molar-refractivity contribution in [1.29, 1.82) is 0 Å². The zero-order chi connectivity index (χ0) is 19.3.